The van der Waals surface area contributed by atoms with Crippen LogP contribution in [0.2, 0.25) is 0 Å². The van der Waals surface area contributed by atoms with Crippen LogP contribution < -0.4 is 5.32 Å². The predicted molar refractivity (Wildman–Crippen MR) is 95.7 cm³/mol. The molecule has 0 saturated carbocycles. The number of benzene rings is 1. The Hall–Kier alpha value is -2.11. The van der Waals surface area contributed by atoms with E-state index in [4.69, 9.17) is 0 Å². The Morgan fingerprint density at radius 1 is 1.12 bits per heavy atom. The number of nitrogens with one attached hydrogen (secondary N) is 1. The molecule has 0 bridgehead atoms. The molecule has 1 aromatic rings. The predicted octanol–water partition coefficient (Wildman–Crippen LogP) is 2.66. The maximum absolute atomic E-state index is 13.6. The summed E-state index contributed by atoms with van der Waals surface area (Å²) in [5.74, 6) is 0.311. The van der Waals surface area contributed by atoms with Crippen molar-refractivity contribution in [3.63, 3.8) is 0 Å². The number of rotatable bonds is 6. The first kappa shape index (κ1) is 19.2. The van der Waals surface area contributed by atoms with Crippen LogP contribution in [0.3, 0.4) is 0 Å². The smallest absolute Gasteiger partial charge is 0.317 e. The van der Waals surface area contributed by atoms with Gasteiger partial charge in [-0.15, -0.1) is 0 Å². The van der Waals surface area contributed by atoms with Crippen molar-refractivity contribution in [2.24, 2.45) is 5.92 Å². The molecule has 138 valence electrons. The highest BCUT2D eigenvalue weighted by atomic mass is 19.1. The third-order valence-corrected chi connectivity index (χ3v) is 4.48. The average molecular weight is 349 g/mol. The van der Waals surface area contributed by atoms with Crippen molar-refractivity contribution in [2.75, 3.05) is 32.7 Å². The Labute approximate surface area is 149 Å². The molecule has 6 heteroatoms. The molecule has 0 aromatic heterocycles. The highest BCUT2D eigenvalue weighted by molar-refractivity contribution is 5.78. The minimum Gasteiger partial charge on any atom is -0.339 e. The second-order valence-electron chi connectivity index (χ2n) is 6.87. The van der Waals surface area contributed by atoms with Crippen LogP contribution in [0.4, 0.5) is 9.18 Å². The third kappa shape index (κ3) is 6.03. The first-order valence-electron chi connectivity index (χ1n) is 9.01. The van der Waals surface area contributed by atoms with Crippen molar-refractivity contribution >= 4 is 11.9 Å². The van der Waals surface area contributed by atoms with Crippen molar-refractivity contribution in [1.29, 1.82) is 0 Å². The molecule has 1 heterocycles. The van der Waals surface area contributed by atoms with Gasteiger partial charge in [0, 0.05) is 39.1 Å². The summed E-state index contributed by atoms with van der Waals surface area (Å²) in [5, 5.41) is 2.92. The molecule has 3 amide bonds. The monoisotopic (exact) mass is 349 g/mol. The summed E-state index contributed by atoms with van der Waals surface area (Å²) in [6.07, 6.45) is 1.66. The summed E-state index contributed by atoms with van der Waals surface area (Å²) in [5.41, 5.74) is 0.569. The highest BCUT2D eigenvalue weighted by Crippen LogP contribution is 2.11. The lowest BCUT2D eigenvalue weighted by molar-refractivity contribution is -0.132. The summed E-state index contributed by atoms with van der Waals surface area (Å²) in [6, 6.07) is 6.49. The van der Waals surface area contributed by atoms with Gasteiger partial charge in [-0.1, -0.05) is 32.0 Å². The Kier molecular flexibility index (Phi) is 7.22. The van der Waals surface area contributed by atoms with E-state index in [-0.39, 0.29) is 17.8 Å². The van der Waals surface area contributed by atoms with Gasteiger partial charge in [0.15, 0.2) is 0 Å². The van der Waals surface area contributed by atoms with E-state index in [1.54, 1.807) is 28.0 Å². The van der Waals surface area contributed by atoms with E-state index < -0.39 is 0 Å². The van der Waals surface area contributed by atoms with E-state index >= 15 is 0 Å². The molecule has 1 aliphatic heterocycles. The summed E-state index contributed by atoms with van der Waals surface area (Å²) < 4.78 is 13.6. The van der Waals surface area contributed by atoms with E-state index in [0.717, 1.165) is 6.42 Å². The van der Waals surface area contributed by atoms with Crippen molar-refractivity contribution in [3.8, 4) is 0 Å². The number of piperazine rings is 1. The molecule has 0 aliphatic carbocycles. The van der Waals surface area contributed by atoms with Gasteiger partial charge in [0.1, 0.15) is 5.82 Å². The Morgan fingerprint density at radius 3 is 2.40 bits per heavy atom. The number of amides is 3. The van der Waals surface area contributed by atoms with Crippen LogP contribution in [0.5, 0.6) is 0 Å². The molecule has 1 fully saturated rings. The molecule has 0 atom stereocenters. The second kappa shape index (κ2) is 9.39. The topological polar surface area (TPSA) is 52.7 Å². The zero-order valence-electron chi connectivity index (χ0n) is 15.1. The number of carbonyl (C=O) groups is 2. The normalized spacial score (nSPS) is 14.7. The number of hydrogen-bond donors (Lipinski definition) is 1. The lowest BCUT2D eigenvalue weighted by Crippen LogP contribution is -2.53. The van der Waals surface area contributed by atoms with Gasteiger partial charge in [0.05, 0.1) is 0 Å². The number of nitrogens with zero attached hydrogens (tertiary/aromatic N) is 2. The van der Waals surface area contributed by atoms with Crippen LogP contribution >= 0.6 is 0 Å². The minimum atomic E-state index is -0.266. The van der Waals surface area contributed by atoms with Crippen molar-refractivity contribution in [2.45, 2.75) is 33.1 Å². The van der Waals surface area contributed by atoms with E-state index in [9.17, 15) is 14.0 Å². The molecule has 1 saturated heterocycles. The highest BCUT2D eigenvalue weighted by Gasteiger charge is 2.23. The van der Waals surface area contributed by atoms with Crippen LogP contribution in [0, 0.1) is 11.7 Å². The molecule has 1 aromatic carbocycles. The molecule has 0 radical (unpaired) electrons. The number of aryl methyl sites for hydroxylation is 1. The van der Waals surface area contributed by atoms with Gasteiger partial charge >= 0.3 is 6.03 Å². The quantitative estimate of drug-likeness (QED) is 0.858. The molecule has 0 spiro atoms. The lowest BCUT2D eigenvalue weighted by atomic mass is 10.1. The van der Waals surface area contributed by atoms with Gasteiger partial charge in [0.25, 0.3) is 0 Å². The number of urea groups is 1. The number of halogens is 1. The summed E-state index contributed by atoms with van der Waals surface area (Å²) in [4.78, 5) is 27.9. The standard InChI is InChI=1S/C19H28FN3O2/c1-15(2)9-10-21-19(25)23-13-11-22(12-14-23)18(24)8-7-16-5-3-4-6-17(16)20/h3-6,15H,7-14H2,1-2H3,(H,21,25). The molecule has 1 N–H and O–H groups in total. The lowest BCUT2D eigenvalue weighted by Gasteiger charge is -2.34. The molecular formula is C19H28FN3O2. The molecular weight excluding hydrogens is 321 g/mol. The fourth-order valence-electron chi connectivity index (χ4n) is 2.84. The third-order valence-electron chi connectivity index (χ3n) is 4.48. The van der Waals surface area contributed by atoms with Crippen molar-refractivity contribution in [3.05, 3.63) is 35.6 Å². The van der Waals surface area contributed by atoms with Crippen molar-refractivity contribution in [1.82, 2.24) is 15.1 Å². The molecule has 5 nitrogen and oxygen atoms in total. The average Bonchev–Trinajstić information content (AvgIpc) is 2.60. The van der Waals surface area contributed by atoms with Gasteiger partial charge in [-0.2, -0.15) is 0 Å². The SMILES string of the molecule is CC(C)CCNC(=O)N1CCN(C(=O)CCc2ccccc2F)CC1. The summed E-state index contributed by atoms with van der Waals surface area (Å²) in [6.45, 7) is 7.08. The van der Waals surface area contributed by atoms with E-state index in [1.165, 1.54) is 6.07 Å². The second-order valence-corrected chi connectivity index (χ2v) is 6.87. The fraction of sp³-hybridized carbons (Fsp3) is 0.579. The van der Waals surface area contributed by atoms with Crippen LogP contribution in [0.15, 0.2) is 24.3 Å². The number of carbonyl (C=O) groups excluding carboxylic acids is 2. The van der Waals surface area contributed by atoms with E-state index in [1.807, 2.05) is 0 Å². The zero-order valence-corrected chi connectivity index (χ0v) is 15.1. The van der Waals surface area contributed by atoms with Crippen LogP contribution in [-0.2, 0) is 11.2 Å². The summed E-state index contributed by atoms with van der Waals surface area (Å²) in [7, 11) is 0. The van der Waals surface area contributed by atoms with Gasteiger partial charge in [-0.05, 0) is 30.4 Å². The van der Waals surface area contributed by atoms with Gasteiger partial charge in [-0.25, -0.2) is 9.18 Å². The first-order chi connectivity index (χ1) is 12.0. The Morgan fingerprint density at radius 2 is 1.76 bits per heavy atom. The minimum absolute atomic E-state index is 0.0168. The molecule has 2 rings (SSSR count). The first-order valence-corrected chi connectivity index (χ1v) is 9.01. The Balaban J connectivity index is 1.71. The van der Waals surface area contributed by atoms with E-state index in [0.29, 0.717) is 57.0 Å². The van der Waals surface area contributed by atoms with Crippen molar-refractivity contribution < 1.29 is 14.0 Å². The van der Waals surface area contributed by atoms with Crippen LogP contribution in [0.25, 0.3) is 0 Å². The summed E-state index contributed by atoms with van der Waals surface area (Å²) >= 11 is 0. The Bertz CT molecular complexity index is 584. The van der Waals surface area contributed by atoms with Gasteiger partial charge in [-0.3, -0.25) is 4.79 Å². The molecule has 1 aliphatic rings. The maximum atomic E-state index is 13.6. The van der Waals surface area contributed by atoms with E-state index in [2.05, 4.69) is 19.2 Å². The fourth-order valence-corrected chi connectivity index (χ4v) is 2.84. The molecule has 25 heavy (non-hydrogen) atoms. The number of hydrogen-bond acceptors (Lipinski definition) is 2. The van der Waals surface area contributed by atoms with Crippen LogP contribution in [0.1, 0.15) is 32.3 Å². The van der Waals surface area contributed by atoms with Gasteiger partial charge in [0.2, 0.25) is 5.91 Å². The van der Waals surface area contributed by atoms with Crippen LogP contribution in [-0.4, -0.2) is 54.5 Å². The maximum Gasteiger partial charge on any atom is 0.317 e. The zero-order chi connectivity index (χ0) is 18.2. The largest absolute Gasteiger partial charge is 0.339 e. The molecule has 0 unspecified atom stereocenters. The van der Waals surface area contributed by atoms with Gasteiger partial charge < -0.3 is 15.1 Å².